The topological polar surface area (TPSA) is 39.4 Å². The van der Waals surface area contributed by atoms with Crippen LogP contribution in [0.1, 0.15) is 5.69 Å². The molecule has 114 valence electrons. The van der Waals surface area contributed by atoms with Crippen LogP contribution in [-0.4, -0.2) is 21.5 Å². The molecule has 0 bridgehead atoms. The third kappa shape index (κ3) is 2.39. The summed E-state index contributed by atoms with van der Waals surface area (Å²) in [5, 5.41) is 2.11. The van der Waals surface area contributed by atoms with Gasteiger partial charge in [-0.15, -0.1) is 11.3 Å². The van der Waals surface area contributed by atoms with Gasteiger partial charge in [0, 0.05) is 34.6 Å². The van der Waals surface area contributed by atoms with Crippen LogP contribution in [0.3, 0.4) is 0 Å². The van der Waals surface area contributed by atoms with E-state index < -0.39 is 0 Å². The van der Waals surface area contributed by atoms with Crippen molar-refractivity contribution >= 4 is 16.3 Å². The van der Waals surface area contributed by atoms with E-state index in [0.29, 0.717) is 0 Å². The predicted molar refractivity (Wildman–Crippen MR) is 93.0 cm³/mol. The van der Waals surface area contributed by atoms with Crippen molar-refractivity contribution in [3.8, 4) is 28.3 Å². The number of ether oxygens (including phenoxy) is 1. The normalized spacial score (nSPS) is 11.0. The quantitative estimate of drug-likeness (QED) is 0.560. The third-order valence-corrected chi connectivity index (χ3v) is 4.78. The number of methoxy groups -OCH3 is 1. The lowest BCUT2D eigenvalue weighted by molar-refractivity contribution is 0.416. The summed E-state index contributed by atoms with van der Waals surface area (Å²) in [5.74, 6) is 0.800. The summed E-state index contributed by atoms with van der Waals surface area (Å²) in [7, 11) is 1.68. The van der Waals surface area contributed by atoms with Crippen LogP contribution in [0.2, 0.25) is 0 Å². The Morgan fingerprint density at radius 2 is 2.04 bits per heavy atom. The molecule has 3 heterocycles. The summed E-state index contributed by atoms with van der Waals surface area (Å²) in [6, 6.07) is 12.0. The zero-order valence-electron chi connectivity index (χ0n) is 12.9. The van der Waals surface area contributed by atoms with E-state index in [2.05, 4.69) is 34.0 Å². The van der Waals surface area contributed by atoms with E-state index in [0.717, 1.165) is 33.2 Å². The molecule has 0 atom stereocenters. The van der Waals surface area contributed by atoms with Crippen molar-refractivity contribution in [2.24, 2.45) is 0 Å². The van der Waals surface area contributed by atoms with Crippen LogP contribution in [0.5, 0.6) is 5.75 Å². The lowest BCUT2D eigenvalue weighted by Crippen LogP contribution is -1.91. The maximum Gasteiger partial charge on any atom is 0.194 e. The molecule has 5 heteroatoms. The summed E-state index contributed by atoms with van der Waals surface area (Å²) in [6.45, 7) is 2.08. The summed E-state index contributed by atoms with van der Waals surface area (Å²) >= 11 is 1.65. The maximum absolute atomic E-state index is 5.57. The molecule has 1 aromatic carbocycles. The minimum Gasteiger partial charge on any atom is -0.496 e. The van der Waals surface area contributed by atoms with Crippen LogP contribution in [0.25, 0.3) is 27.5 Å². The number of benzene rings is 1. The molecule has 4 aromatic rings. The number of hydrogen-bond donors (Lipinski definition) is 0. The Morgan fingerprint density at radius 3 is 2.78 bits per heavy atom. The number of fused-ring (bicyclic) bond motifs is 1. The van der Waals surface area contributed by atoms with Gasteiger partial charge in [-0.2, -0.15) is 0 Å². The smallest absolute Gasteiger partial charge is 0.194 e. The SMILES string of the molecule is COc1cc(-c2cn3c(C)csc3n2)ccc1-c1ccccn1. The van der Waals surface area contributed by atoms with E-state index in [4.69, 9.17) is 9.72 Å². The van der Waals surface area contributed by atoms with Gasteiger partial charge in [-0.1, -0.05) is 12.1 Å². The van der Waals surface area contributed by atoms with Gasteiger partial charge >= 0.3 is 0 Å². The fraction of sp³-hybridized carbons (Fsp3) is 0.111. The van der Waals surface area contributed by atoms with E-state index >= 15 is 0 Å². The molecule has 0 radical (unpaired) electrons. The number of nitrogens with zero attached hydrogens (tertiary/aromatic N) is 3. The zero-order valence-corrected chi connectivity index (χ0v) is 13.7. The lowest BCUT2D eigenvalue weighted by atomic mass is 10.1. The molecule has 0 aliphatic carbocycles. The highest BCUT2D eigenvalue weighted by atomic mass is 32.1. The Kier molecular flexibility index (Phi) is 3.35. The first-order valence-corrected chi connectivity index (χ1v) is 8.17. The van der Waals surface area contributed by atoms with Crippen molar-refractivity contribution in [3.05, 3.63) is 59.9 Å². The van der Waals surface area contributed by atoms with Crippen molar-refractivity contribution in [2.75, 3.05) is 7.11 Å². The molecule has 0 unspecified atom stereocenters. The van der Waals surface area contributed by atoms with Gasteiger partial charge in [-0.3, -0.25) is 9.38 Å². The molecule has 0 N–H and O–H groups in total. The summed E-state index contributed by atoms with van der Waals surface area (Å²) in [4.78, 5) is 10.1. The largest absolute Gasteiger partial charge is 0.496 e. The molecule has 0 spiro atoms. The molecule has 4 nitrogen and oxygen atoms in total. The number of rotatable bonds is 3. The first kappa shape index (κ1) is 14.0. The second-order valence-electron chi connectivity index (χ2n) is 5.29. The van der Waals surface area contributed by atoms with E-state index in [1.807, 2.05) is 30.3 Å². The van der Waals surface area contributed by atoms with Crippen LogP contribution >= 0.6 is 11.3 Å². The second kappa shape index (κ2) is 5.52. The van der Waals surface area contributed by atoms with Gasteiger partial charge in [0.1, 0.15) is 5.75 Å². The molecule has 0 amide bonds. The molecule has 23 heavy (non-hydrogen) atoms. The Balaban J connectivity index is 1.81. The van der Waals surface area contributed by atoms with Gasteiger partial charge in [-0.05, 0) is 31.2 Å². The zero-order chi connectivity index (χ0) is 15.8. The van der Waals surface area contributed by atoms with Crippen molar-refractivity contribution < 1.29 is 4.74 Å². The van der Waals surface area contributed by atoms with Crippen LogP contribution in [-0.2, 0) is 0 Å². The van der Waals surface area contributed by atoms with E-state index in [9.17, 15) is 0 Å². The Hall–Kier alpha value is -2.66. The number of pyridine rings is 1. The van der Waals surface area contributed by atoms with Gasteiger partial charge < -0.3 is 4.74 Å². The minimum atomic E-state index is 0.800. The van der Waals surface area contributed by atoms with Crippen molar-refractivity contribution in [3.63, 3.8) is 0 Å². The third-order valence-electron chi connectivity index (χ3n) is 3.83. The highest BCUT2D eigenvalue weighted by molar-refractivity contribution is 7.15. The standard InChI is InChI=1S/C18H15N3OS/c1-12-11-23-18-20-16(10-21(12)18)13-6-7-14(17(9-13)22-2)15-5-3-4-8-19-15/h3-11H,1-2H3. The van der Waals surface area contributed by atoms with Crippen LogP contribution < -0.4 is 4.74 Å². The van der Waals surface area contributed by atoms with E-state index in [-0.39, 0.29) is 0 Å². The van der Waals surface area contributed by atoms with Gasteiger partial charge in [0.2, 0.25) is 0 Å². The molecular formula is C18H15N3OS. The van der Waals surface area contributed by atoms with Crippen LogP contribution in [0, 0.1) is 6.92 Å². The highest BCUT2D eigenvalue weighted by Crippen LogP contribution is 2.33. The lowest BCUT2D eigenvalue weighted by Gasteiger charge is -2.09. The van der Waals surface area contributed by atoms with Crippen LogP contribution in [0.15, 0.2) is 54.2 Å². The second-order valence-corrected chi connectivity index (χ2v) is 6.12. The highest BCUT2D eigenvalue weighted by Gasteiger charge is 2.12. The van der Waals surface area contributed by atoms with Crippen molar-refractivity contribution in [2.45, 2.75) is 6.92 Å². The van der Waals surface area contributed by atoms with E-state index in [1.165, 1.54) is 5.69 Å². The number of aryl methyl sites for hydroxylation is 1. The molecule has 0 saturated heterocycles. The monoisotopic (exact) mass is 321 g/mol. The summed E-state index contributed by atoms with van der Waals surface area (Å²) < 4.78 is 7.68. The van der Waals surface area contributed by atoms with Gasteiger partial charge in [-0.25, -0.2) is 4.98 Å². The Morgan fingerprint density at radius 1 is 1.13 bits per heavy atom. The molecular weight excluding hydrogens is 306 g/mol. The van der Waals surface area contributed by atoms with Crippen molar-refractivity contribution in [1.29, 1.82) is 0 Å². The molecule has 0 saturated carbocycles. The fourth-order valence-corrected chi connectivity index (χ4v) is 3.47. The molecule has 4 rings (SSSR count). The number of hydrogen-bond acceptors (Lipinski definition) is 4. The van der Waals surface area contributed by atoms with Gasteiger partial charge in [0.05, 0.1) is 18.5 Å². The first-order chi connectivity index (χ1) is 11.3. The van der Waals surface area contributed by atoms with Gasteiger partial charge in [0.15, 0.2) is 4.96 Å². The number of thiazole rings is 1. The Bertz CT molecular complexity index is 973. The molecule has 0 aliphatic heterocycles. The Labute approximate surface area is 138 Å². The fourth-order valence-electron chi connectivity index (χ4n) is 2.62. The number of aromatic nitrogens is 3. The first-order valence-electron chi connectivity index (χ1n) is 7.29. The summed E-state index contributed by atoms with van der Waals surface area (Å²) in [6.07, 6.45) is 3.85. The van der Waals surface area contributed by atoms with Crippen molar-refractivity contribution in [1.82, 2.24) is 14.4 Å². The minimum absolute atomic E-state index is 0.800. The van der Waals surface area contributed by atoms with Crippen LogP contribution in [0.4, 0.5) is 0 Å². The average molecular weight is 321 g/mol. The predicted octanol–water partition coefficient (Wildman–Crippen LogP) is 4.44. The molecule has 0 fully saturated rings. The molecule has 3 aromatic heterocycles. The van der Waals surface area contributed by atoms with Gasteiger partial charge in [0.25, 0.3) is 0 Å². The number of imidazole rings is 1. The molecule has 0 aliphatic rings. The summed E-state index contributed by atoms with van der Waals surface area (Å²) in [5.41, 5.74) is 5.06. The maximum atomic E-state index is 5.57. The average Bonchev–Trinajstić information content (AvgIpc) is 3.17. The van der Waals surface area contributed by atoms with E-state index in [1.54, 1.807) is 24.6 Å².